The van der Waals surface area contributed by atoms with E-state index < -0.39 is 6.10 Å². The summed E-state index contributed by atoms with van der Waals surface area (Å²) < 4.78 is 0. The minimum absolute atomic E-state index is 0. The number of rotatable bonds is 3. The number of hydrogen-bond acceptors (Lipinski definition) is 2. The van der Waals surface area contributed by atoms with Crippen molar-refractivity contribution in [2.45, 2.75) is 18.9 Å². The first-order valence-corrected chi connectivity index (χ1v) is 2.39. The number of aliphatic hydroxyl groups excluding tert-OH is 2. The van der Waals surface area contributed by atoms with Gasteiger partial charge in [-0.25, -0.2) is 0 Å². The summed E-state index contributed by atoms with van der Waals surface area (Å²) in [5.74, 6) is 0. The summed E-state index contributed by atoms with van der Waals surface area (Å²) in [6, 6.07) is 0. The van der Waals surface area contributed by atoms with Crippen LogP contribution in [-0.4, -0.2) is 22.9 Å². The summed E-state index contributed by atoms with van der Waals surface area (Å²) in [6.07, 6.45) is 0.718. The van der Waals surface area contributed by atoms with E-state index in [9.17, 15) is 0 Å². The molecule has 0 bridgehead atoms. The van der Waals surface area contributed by atoms with Gasteiger partial charge in [0.25, 0.3) is 0 Å². The number of hydrogen-bond donors (Lipinski definition) is 2. The van der Waals surface area contributed by atoms with E-state index in [1.165, 1.54) is 0 Å². The molecule has 0 aliphatic heterocycles. The Balaban J connectivity index is 0. The molecule has 0 amide bonds. The van der Waals surface area contributed by atoms with Gasteiger partial charge >= 0.3 is 0 Å². The van der Waals surface area contributed by atoms with Gasteiger partial charge in [0.2, 0.25) is 0 Å². The van der Waals surface area contributed by atoms with Crippen LogP contribution in [0.4, 0.5) is 0 Å². The van der Waals surface area contributed by atoms with Crippen LogP contribution in [0.25, 0.3) is 0 Å². The van der Waals surface area contributed by atoms with Crippen LogP contribution in [0.3, 0.4) is 0 Å². The molecular weight excluding hydrogens is 293 g/mol. The van der Waals surface area contributed by atoms with Crippen molar-refractivity contribution in [2.75, 3.05) is 6.61 Å². The predicted octanol–water partition coefficient (Wildman–Crippen LogP) is -0.0486. The molecule has 0 aromatic carbocycles. The first-order chi connectivity index (χ1) is 3.31. The summed E-state index contributed by atoms with van der Waals surface area (Å²) in [5.41, 5.74) is 0. The molecule has 8 heavy (non-hydrogen) atoms. The Morgan fingerprint density at radius 1 is 1.50 bits per heavy atom. The van der Waals surface area contributed by atoms with Crippen LogP contribution in [0.5, 0.6) is 0 Å². The fourth-order valence-corrected chi connectivity index (χ4v) is 0.327. The molecule has 3 heteroatoms. The van der Waals surface area contributed by atoms with Gasteiger partial charge in [0.1, 0.15) is 0 Å². The maximum absolute atomic E-state index is 8.57. The third kappa shape index (κ3) is 6.86. The Bertz CT molecular complexity index is 41.4. The third-order valence-electron chi connectivity index (χ3n) is 0.748. The van der Waals surface area contributed by atoms with Gasteiger partial charge in [-0.15, -0.1) is 0 Å². The molecule has 45 valence electrons. The molecule has 0 fully saturated rings. The second-order valence-corrected chi connectivity index (χ2v) is 1.48. The molecule has 0 saturated heterocycles. The fourth-order valence-electron chi connectivity index (χ4n) is 0.327. The van der Waals surface area contributed by atoms with Crippen LogP contribution >= 0.6 is 0 Å². The Kier molecular flexibility index (Phi) is 11.4. The monoisotopic (exact) mass is 305 g/mol. The normalized spacial score (nSPS) is 12.4. The molecule has 0 saturated carbocycles. The molecule has 0 aromatic rings. The van der Waals surface area contributed by atoms with E-state index in [1.807, 2.05) is 0 Å². The molecule has 0 aliphatic carbocycles. The second kappa shape index (κ2) is 7.86. The minimum atomic E-state index is -0.558. The Morgan fingerprint density at radius 2 is 2.00 bits per heavy atom. The first-order valence-electron chi connectivity index (χ1n) is 2.39. The van der Waals surface area contributed by atoms with E-state index in [1.54, 1.807) is 0 Å². The Labute approximate surface area is 70.4 Å². The van der Waals surface area contributed by atoms with Crippen LogP contribution in [0.2, 0.25) is 0 Å². The van der Waals surface area contributed by atoms with Crippen LogP contribution in [-0.2, 0) is 27.7 Å². The largest absolute Gasteiger partial charge is 0.394 e. The van der Waals surface area contributed by atoms with Crippen molar-refractivity contribution < 1.29 is 37.9 Å². The van der Waals surface area contributed by atoms with Gasteiger partial charge < -0.3 is 10.2 Å². The quantitative estimate of drug-likeness (QED) is 0.718. The van der Waals surface area contributed by atoms with E-state index >= 15 is 0 Å². The Hall–Kier alpha value is 0.855. The van der Waals surface area contributed by atoms with Gasteiger partial charge in [0, 0.05) is 27.7 Å². The average molecular weight is 304 g/mol. The summed E-state index contributed by atoms with van der Waals surface area (Å²) in [7, 11) is 0. The molecule has 0 aliphatic rings. The average Bonchev–Trinajstić information content (AvgIpc) is 1.68. The zero-order valence-corrected chi connectivity index (χ0v) is 10.5. The van der Waals surface area contributed by atoms with Crippen molar-refractivity contribution in [1.29, 1.82) is 0 Å². The maximum atomic E-state index is 8.57. The van der Waals surface area contributed by atoms with Crippen LogP contribution in [0, 0.1) is 6.92 Å². The molecule has 2 nitrogen and oxygen atoms in total. The predicted molar refractivity (Wildman–Crippen MR) is 27.7 cm³/mol. The molecule has 1 radical (unpaired) electrons. The third-order valence-corrected chi connectivity index (χ3v) is 0.748. The molecule has 0 aromatic heterocycles. The van der Waals surface area contributed by atoms with Gasteiger partial charge in [-0.3, -0.25) is 0 Å². The zero-order valence-electron chi connectivity index (χ0n) is 5.01. The Morgan fingerprint density at radius 3 is 2.12 bits per heavy atom. The smallest absolute Gasteiger partial charge is 0.0770 e. The van der Waals surface area contributed by atoms with Crippen molar-refractivity contribution >= 4 is 0 Å². The van der Waals surface area contributed by atoms with Gasteiger partial charge in [-0.05, 0) is 6.42 Å². The second-order valence-electron chi connectivity index (χ2n) is 1.48. The van der Waals surface area contributed by atoms with Crippen molar-refractivity contribution in [2.24, 2.45) is 0 Å². The SMILES string of the molecule is [CH2]CCC(O)CO.[Hg]. The maximum Gasteiger partial charge on any atom is 0.0770 e. The van der Waals surface area contributed by atoms with Gasteiger partial charge in [-0.2, -0.15) is 0 Å². The topological polar surface area (TPSA) is 40.5 Å². The van der Waals surface area contributed by atoms with Crippen LogP contribution in [0.1, 0.15) is 12.8 Å². The summed E-state index contributed by atoms with van der Waals surface area (Å²) >= 11 is 0. The van der Waals surface area contributed by atoms with Gasteiger partial charge in [-0.1, -0.05) is 13.3 Å². The first kappa shape index (κ1) is 11.6. The molecule has 1 unspecified atom stereocenters. The van der Waals surface area contributed by atoms with E-state index in [-0.39, 0.29) is 34.3 Å². The molecule has 1 atom stereocenters. The molecule has 2 N–H and O–H groups in total. The number of aliphatic hydroxyl groups is 2. The minimum Gasteiger partial charge on any atom is -0.394 e. The van der Waals surface area contributed by atoms with Crippen molar-refractivity contribution in [3.63, 3.8) is 0 Å². The molecule has 0 spiro atoms. The summed E-state index contributed by atoms with van der Waals surface area (Å²) in [4.78, 5) is 0. The summed E-state index contributed by atoms with van der Waals surface area (Å²) in [5, 5.41) is 16.8. The van der Waals surface area contributed by atoms with Gasteiger partial charge in [0.05, 0.1) is 12.7 Å². The zero-order chi connectivity index (χ0) is 5.70. The van der Waals surface area contributed by atoms with Crippen molar-refractivity contribution in [3.8, 4) is 0 Å². The van der Waals surface area contributed by atoms with Crippen LogP contribution < -0.4 is 0 Å². The fraction of sp³-hybridized carbons (Fsp3) is 0.800. The van der Waals surface area contributed by atoms with Crippen molar-refractivity contribution in [1.82, 2.24) is 0 Å². The van der Waals surface area contributed by atoms with Crippen LogP contribution in [0.15, 0.2) is 0 Å². The van der Waals surface area contributed by atoms with E-state index in [2.05, 4.69) is 6.92 Å². The van der Waals surface area contributed by atoms with E-state index in [0.29, 0.717) is 12.8 Å². The van der Waals surface area contributed by atoms with E-state index in [0.717, 1.165) is 0 Å². The molecule has 0 heterocycles. The molecular formula is C5H11HgO2. The van der Waals surface area contributed by atoms with Crippen molar-refractivity contribution in [3.05, 3.63) is 6.92 Å². The molecule has 0 rings (SSSR count). The van der Waals surface area contributed by atoms with Gasteiger partial charge in [0.15, 0.2) is 0 Å². The standard InChI is InChI=1S/C5H11O2.Hg/c1-2-3-5(7)4-6;/h5-7H,1-4H2;. The summed E-state index contributed by atoms with van der Waals surface area (Å²) in [6.45, 7) is 3.36. The van der Waals surface area contributed by atoms with E-state index in [4.69, 9.17) is 10.2 Å².